The van der Waals surface area contributed by atoms with Crippen LogP contribution in [0, 0.1) is 0 Å². The Labute approximate surface area is 91.4 Å². The highest BCUT2D eigenvalue weighted by Gasteiger charge is 2.13. The highest BCUT2D eigenvalue weighted by atomic mass is 28.2. The van der Waals surface area contributed by atoms with Crippen molar-refractivity contribution in [1.29, 1.82) is 0 Å². The summed E-state index contributed by atoms with van der Waals surface area (Å²) in [6.07, 6.45) is 1.06. The lowest BCUT2D eigenvalue weighted by Gasteiger charge is -2.23. The normalized spacial score (nSPS) is 13.1. The number of rotatable bonds is 7. The SMILES string of the molecule is CCC(C)(C)O[SiH2]CC[SiH2]OC(C)=O. The van der Waals surface area contributed by atoms with Crippen LogP contribution in [0.5, 0.6) is 0 Å². The molecular weight excluding hydrogens is 212 g/mol. The first-order valence-electron chi connectivity index (χ1n) is 5.25. The second-order valence-electron chi connectivity index (χ2n) is 4.01. The molecule has 0 saturated heterocycles. The summed E-state index contributed by atoms with van der Waals surface area (Å²) in [5.74, 6) is -0.131. The number of carbonyl (C=O) groups is 1. The Balaban J connectivity index is 3.25. The highest BCUT2D eigenvalue weighted by molar-refractivity contribution is 6.35. The molecule has 84 valence electrons. The second-order valence-corrected chi connectivity index (χ2v) is 6.82. The summed E-state index contributed by atoms with van der Waals surface area (Å²) < 4.78 is 10.8. The first-order valence-corrected chi connectivity index (χ1v) is 8.41. The van der Waals surface area contributed by atoms with Gasteiger partial charge in [-0.05, 0) is 32.4 Å². The molecule has 0 N–H and O–H groups in total. The third-order valence-corrected chi connectivity index (χ3v) is 6.36. The number of hydrogen-bond acceptors (Lipinski definition) is 3. The van der Waals surface area contributed by atoms with Crippen LogP contribution in [0.1, 0.15) is 34.1 Å². The smallest absolute Gasteiger partial charge is 0.288 e. The lowest BCUT2D eigenvalue weighted by molar-refractivity contribution is -0.131. The molecule has 0 aromatic carbocycles. The van der Waals surface area contributed by atoms with Crippen LogP contribution in [0.15, 0.2) is 0 Å². The Morgan fingerprint density at radius 1 is 1.29 bits per heavy atom. The van der Waals surface area contributed by atoms with Gasteiger partial charge in [0.1, 0.15) is 0 Å². The molecule has 0 aliphatic heterocycles. The maximum Gasteiger partial charge on any atom is 0.288 e. The standard InChI is InChI=1S/C9H22O3Si2/c1-5-9(3,4)12-14-7-6-13-11-8(2)10/h5-7,13-14H2,1-4H3. The topological polar surface area (TPSA) is 35.5 Å². The Morgan fingerprint density at radius 2 is 1.86 bits per heavy atom. The average Bonchev–Trinajstić information content (AvgIpc) is 2.10. The van der Waals surface area contributed by atoms with Crippen molar-refractivity contribution < 1.29 is 13.6 Å². The lowest BCUT2D eigenvalue weighted by atomic mass is 10.1. The summed E-state index contributed by atoms with van der Waals surface area (Å²) in [5, 5.41) is 0. The molecule has 0 spiro atoms. The van der Waals surface area contributed by atoms with Gasteiger partial charge in [0.2, 0.25) is 9.76 Å². The van der Waals surface area contributed by atoms with Gasteiger partial charge >= 0.3 is 0 Å². The summed E-state index contributed by atoms with van der Waals surface area (Å²) in [7, 11) is -1.01. The summed E-state index contributed by atoms with van der Waals surface area (Å²) in [4.78, 5) is 10.5. The van der Waals surface area contributed by atoms with E-state index in [1.807, 2.05) is 0 Å². The van der Waals surface area contributed by atoms with E-state index in [-0.39, 0.29) is 11.6 Å². The van der Waals surface area contributed by atoms with Gasteiger partial charge in [0.25, 0.3) is 5.97 Å². The second kappa shape index (κ2) is 7.19. The molecule has 0 heterocycles. The molecule has 0 unspecified atom stereocenters. The Hall–Kier alpha value is -0.136. The summed E-state index contributed by atoms with van der Waals surface area (Å²) in [6, 6.07) is 2.22. The van der Waals surface area contributed by atoms with E-state index < -0.39 is 19.5 Å². The molecule has 0 aliphatic rings. The Morgan fingerprint density at radius 3 is 2.36 bits per heavy atom. The van der Waals surface area contributed by atoms with Crippen molar-refractivity contribution in [3.63, 3.8) is 0 Å². The monoisotopic (exact) mass is 234 g/mol. The molecule has 0 radical (unpaired) electrons. The number of hydrogen-bond donors (Lipinski definition) is 0. The largest absolute Gasteiger partial charge is 0.525 e. The van der Waals surface area contributed by atoms with Crippen LogP contribution in [-0.4, -0.2) is 31.1 Å². The van der Waals surface area contributed by atoms with Gasteiger partial charge in [-0.1, -0.05) is 6.92 Å². The van der Waals surface area contributed by atoms with Gasteiger partial charge < -0.3 is 8.85 Å². The Bertz CT molecular complexity index is 171. The van der Waals surface area contributed by atoms with Crippen molar-refractivity contribution in [2.24, 2.45) is 0 Å². The van der Waals surface area contributed by atoms with Gasteiger partial charge in [-0.3, -0.25) is 4.79 Å². The van der Waals surface area contributed by atoms with E-state index in [4.69, 9.17) is 8.85 Å². The van der Waals surface area contributed by atoms with Crippen LogP contribution in [0.25, 0.3) is 0 Å². The maximum absolute atomic E-state index is 10.5. The molecule has 14 heavy (non-hydrogen) atoms. The zero-order chi connectivity index (χ0) is 11.0. The van der Waals surface area contributed by atoms with Crippen molar-refractivity contribution in [2.45, 2.75) is 51.8 Å². The summed E-state index contributed by atoms with van der Waals surface area (Å²) in [5.41, 5.74) is 0.0508. The quantitative estimate of drug-likeness (QED) is 0.482. The van der Waals surface area contributed by atoms with Crippen LogP contribution in [0.3, 0.4) is 0 Å². The van der Waals surface area contributed by atoms with Gasteiger partial charge in [0.05, 0.1) is 0 Å². The van der Waals surface area contributed by atoms with E-state index in [1.165, 1.54) is 6.92 Å². The first kappa shape index (κ1) is 13.9. The minimum absolute atomic E-state index is 0.0508. The number of carbonyl (C=O) groups excluding carboxylic acids is 1. The van der Waals surface area contributed by atoms with Crippen LogP contribution in [0.4, 0.5) is 0 Å². The lowest BCUT2D eigenvalue weighted by Crippen LogP contribution is -2.25. The van der Waals surface area contributed by atoms with E-state index in [1.54, 1.807) is 0 Å². The average molecular weight is 234 g/mol. The molecule has 0 bridgehead atoms. The maximum atomic E-state index is 10.5. The van der Waals surface area contributed by atoms with Gasteiger partial charge in [0.15, 0.2) is 9.76 Å². The zero-order valence-electron chi connectivity index (χ0n) is 9.76. The molecule has 0 saturated carbocycles. The zero-order valence-corrected chi connectivity index (χ0v) is 12.6. The molecular formula is C9H22O3Si2. The summed E-state index contributed by atoms with van der Waals surface area (Å²) in [6.45, 7) is 7.87. The minimum Gasteiger partial charge on any atom is -0.525 e. The van der Waals surface area contributed by atoms with Crippen LogP contribution in [-0.2, 0) is 13.6 Å². The summed E-state index contributed by atoms with van der Waals surface area (Å²) >= 11 is 0. The Kier molecular flexibility index (Phi) is 7.12. The predicted molar refractivity (Wildman–Crippen MR) is 63.9 cm³/mol. The van der Waals surface area contributed by atoms with Crippen LogP contribution in [0.2, 0.25) is 12.1 Å². The molecule has 0 fully saturated rings. The van der Waals surface area contributed by atoms with Crippen molar-refractivity contribution in [3.05, 3.63) is 0 Å². The highest BCUT2D eigenvalue weighted by Crippen LogP contribution is 2.13. The predicted octanol–water partition coefficient (Wildman–Crippen LogP) is 0.759. The molecule has 0 aromatic heterocycles. The molecule has 0 aliphatic carbocycles. The van der Waals surface area contributed by atoms with Crippen LogP contribution < -0.4 is 0 Å². The van der Waals surface area contributed by atoms with E-state index in [9.17, 15) is 4.79 Å². The van der Waals surface area contributed by atoms with Gasteiger partial charge in [-0.15, -0.1) is 0 Å². The van der Waals surface area contributed by atoms with Crippen molar-refractivity contribution in [3.8, 4) is 0 Å². The third-order valence-electron chi connectivity index (χ3n) is 2.19. The fourth-order valence-corrected chi connectivity index (χ4v) is 3.84. The van der Waals surface area contributed by atoms with Crippen molar-refractivity contribution in [1.82, 2.24) is 0 Å². The van der Waals surface area contributed by atoms with E-state index in [0.29, 0.717) is 0 Å². The van der Waals surface area contributed by atoms with Crippen molar-refractivity contribution >= 4 is 25.5 Å². The molecule has 0 aromatic rings. The van der Waals surface area contributed by atoms with E-state index >= 15 is 0 Å². The minimum atomic E-state index is -0.601. The molecule has 0 atom stereocenters. The van der Waals surface area contributed by atoms with Gasteiger partial charge in [0, 0.05) is 12.5 Å². The van der Waals surface area contributed by atoms with Crippen LogP contribution >= 0.6 is 0 Å². The van der Waals surface area contributed by atoms with Crippen molar-refractivity contribution in [2.75, 3.05) is 0 Å². The van der Waals surface area contributed by atoms with E-state index in [2.05, 4.69) is 20.8 Å². The molecule has 5 heteroatoms. The third kappa shape index (κ3) is 8.46. The molecule has 3 nitrogen and oxygen atoms in total. The fourth-order valence-electron chi connectivity index (χ4n) is 0.871. The van der Waals surface area contributed by atoms with Gasteiger partial charge in [-0.2, -0.15) is 0 Å². The van der Waals surface area contributed by atoms with E-state index in [0.717, 1.165) is 18.5 Å². The molecule has 0 amide bonds. The fraction of sp³-hybridized carbons (Fsp3) is 0.889. The first-order chi connectivity index (χ1) is 6.48. The van der Waals surface area contributed by atoms with Gasteiger partial charge in [-0.25, -0.2) is 0 Å². The molecule has 0 rings (SSSR count).